The Hall–Kier alpha value is -2.94. The van der Waals surface area contributed by atoms with E-state index in [0.717, 1.165) is 21.9 Å². The molecule has 1 heterocycles. The van der Waals surface area contributed by atoms with Crippen LogP contribution in [0, 0.1) is 0 Å². The minimum atomic E-state index is -0.584. The van der Waals surface area contributed by atoms with Crippen LogP contribution in [0.1, 0.15) is 17.2 Å². The molecule has 106 valence electrons. The fraction of sp³-hybridized carbons (Fsp3) is 0.0526. The first-order valence-corrected chi connectivity index (χ1v) is 7.15. The van der Waals surface area contributed by atoms with Gasteiger partial charge >= 0.3 is 5.97 Å². The Labute approximate surface area is 127 Å². The van der Waals surface area contributed by atoms with E-state index in [1.165, 1.54) is 0 Å². The van der Waals surface area contributed by atoms with Gasteiger partial charge in [0, 0.05) is 5.56 Å². The van der Waals surface area contributed by atoms with E-state index < -0.39 is 6.04 Å². The predicted octanol–water partition coefficient (Wildman–Crippen LogP) is 3.88. The van der Waals surface area contributed by atoms with Crippen LogP contribution in [0.25, 0.3) is 10.8 Å². The smallest absolute Gasteiger partial charge is 0.342 e. The number of ether oxygens (including phenoxy) is 1. The maximum Gasteiger partial charge on any atom is 0.342 e. The second-order valence-electron chi connectivity index (χ2n) is 5.23. The highest BCUT2D eigenvalue weighted by Gasteiger charge is 2.31. The van der Waals surface area contributed by atoms with E-state index in [-0.39, 0.29) is 5.97 Å². The van der Waals surface area contributed by atoms with Gasteiger partial charge in [-0.2, -0.15) is 0 Å². The Bertz CT molecular complexity index is 884. The SMILES string of the molecule is O=C1OC(c2ccccc2)=NC1c1ccc2ccccc2c1. The van der Waals surface area contributed by atoms with Crippen molar-refractivity contribution in [3.8, 4) is 0 Å². The average Bonchev–Trinajstić information content (AvgIpc) is 2.97. The quantitative estimate of drug-likeness (QED) is 0.671. The molecule has 0 saturated carbocycles. The van der Waals surface area contributed by atoms with E-state index >= 15 is 0 Å². The second kappa shape index (κ2) is 5.11. The fourth-order valence-corrected chi connectivity index (χ4v) is 2.65. The van der Waals surface area contributed by atoms with Crippen LogP contribution in [-0.4, -0.2) is 11.9 Å². The molecule has 3 aromatic rings. The van der Waals surface area contributed by atoms with Gasteiger partial charge in [-0.3, -0.25) is 0 Å². The van der Waals surface area contributed by atoms with Gasteiger partial charge in [-0.25, -0.2) is 9.79 Å². The van der Waals surface area contributed by atoms with Crippen molar-refractivity contribution in [2.24, 2.45) is 4.99 Å². The molecule has 0 radical (unpaired) electrons. The molecule has 0 spiro atoms. The summed E-state index contributed by atoms with van der Waals surface area (Å²) in [6, 6.07) is 22.9. The van der Waals surface area contributed by atoms with Gasteiger partial charge in [-0.1, -0.05) is 54.6 Å². The van der Waals surface area contributed by atoms with Crippen LogP contribution >= 0.6 is 0 Å². The Morgan fingerprint density at radius 1 is 0.818 bits per heavy atom. The van der Waals surface area contributed by atoms with E-state index in [1.54, 1.807) is 0 Å². The first-order chi connectivity index (χ1) is 10.8. The van der Waals surface area contributed by atoms with Crippen molar-refractivity contribution >= 4 is 22.6 Å². The van der Waals surface area contributed by atoms with Crippen molar-refractivity contribution in [1.29, 1.82) is 0 Å². The Morgan fingerprint density at radius 3 is 2.36 bits per heavy atom. The molecule has 0 saturated heterocycles. The molecule has 3 aromatic carbocycles. The first-order valence-electron chi connectivity index (χ1n) is 7.15. The minimum Gasteiger partial charge on any atom is -0.405 e. The number of carbonyl (C=O) groups excluding carboxylic acids is 1. The number of nitrogens with zero attached hydrogens (tertiary/aromatic N) is 1. The number of benzene rings is 3. The zero-order valence-corrected chi connectivity index (χ0v) is 11.8. The molecular weight excluding hydrogens is 274 g/mol. The number of fused-ring (bicyclic) bond motifs is 1. The van der Waals surface area contributed by atoms with Crippen molar-refractivity contribution in [3.05, 3.63) is 83.9 Å². The standard InChI is InChI=1S/C19H13NO2/c21-19-17(20-18(22-19)14-7-2-1-3-8-14)16-11-10-13-6-4-5-9-15(13)12-16/h1-12,17H. The van der Waals surface area contributed by atoms with Gasteiger partial charge in [0.05, 0.1) is 0 Å². The number of hydrogen-bond donors (Lipinski definition) is 0. The topological polar surface area (TPSA) is 38.7 Å². The third kappa shape index (κ3) is 2.17. The summed E-state index contributed by atoms with van der Waals surface area (Å²) in [7, 11) is 0. The highest BCUT2D eigenvalue weighted by atomic mass is 16.6. The van der Waals surface area contributed by atoms with Crippen LogP contribution in [-0.2, 0) is 9.53 Å². The molecule has 0 N–H and O–H groups in total. The van der Waals surface area contributed by atoms with E-state index in [2.05, 4.69) is 4.99 Å². The van der Waals surface area contributed by atoms with Crippen LogP contribution in [0.4, 0.5) is 0 Å². The third-order valence-corrected chi connectivity index (χ3v) is 3.78. The van der Waals surface area contributed by atoms with Crippen molar-refractivity contribution in [1.82, 2.24) is 0 Å². The molecule has 0 aliphatic carbocycles. The largest absolute Gasteiger partial charge is 0.405 e. The molecule has 1 atom stereocenters. The molecule has 1 aliphatic heterocycles. The van der Waals surface area contributed by atoms with Crippen molar-refractivity contribution in [3.63, 3.8) is 0 Å². The van der Waals surface area contributed by atoms with Crippen molar-refractivity contribution in [2.75, 3.05) is 0 Å². The van der Waals surface area contributed by atoms with Crippen LogP contribution < -0.4 is 0 Å². The molecule has 4 rings (SSSR count). The summed E-state index contributed by atoms with van der Waals surface area (Å²) in [4.78, 5) is 16.6. The molecule has 1 unspecified atom stereocenters. The second-order valence-corrected chi connectivity index (χ2v) is 5.23. The first kappa shape index (κ1) is 12.8. The summed E-state index contributed by atoms with van der Waals surface area (Å²) in [5.74, 6) is 0.0675. The fourth-order valence-electron chi connectivity index (χ4n) is 2.65. The lowest BCUT2D eigenvalue weighted by molar-refractivity contribution is -0.135. The molecule has 0 aromatic heterocycles. The van der Waals surface area contributed by atoms with Crippen LogP contribution in [0.15, 0.2) is 77.8 Å². The van der Waals surface area contributed by atoms with E-state index in [4.69, 9.17) is 4.74 Å². The van der Waals surface area contributed by atoms with E-state index in [9.17, 15) is 4.79 Å². The molecule has 22 heavy (non-hydrogen) atoms. The maximum absolute atomic E-state index is 12.2. The zero-order valence-electron chi connectivity index (χ0n) is 11.8. The number of aliphatic imine (C=N–C) groups is 1. The Balaban J connectivity index is 1.74. The summed E-state index contributed by atoms with van der Waals surface area (Å²) in [5, 5.41) is 2.24. The molecule has 0 bridgehead atoms. The van der Waals surface area contributed by atoms with Gasteiger partial charge in [0.25, 0.3) is 0 Å². The zero-order chi connectivity index (χ0) is 14.9. The van der Waals surface area contributed by atoms with Gasteiger partial charge in [0.1, 0.15) is 0 Å². The predicted molar refractivity (Wildman–Crippen MR) is 85.8 cm³/mol. The summed E-state index contributed by atoms with van der Waals surface area (Å²) in [6.07, 6.45) is 0. The molecule has 3 nitrogen and oxygen atoms in total. The highest BCUT2D eigenvalue weighted by molar-refractivity contribution is 6.06. The van der Waals surface area contributed by atoms with Gasteiger partial charge < -0.3 is 4.74 Å². The lowest BCUT2D eigenvalue weighted by atomic mass is 10.0. The van der Waals surface area contributed by atoms with Gasteiger partial charge in [-0.05, 0) is 34.5 Å². The van der Waals surface area contributed by atoms with Crippen LogP contribution in [0.3, 0.4) is 0 Å². The highest BCUT2D eigenvalue weighted by Crippen LogP contribution is 2.28. The summed E-state index contributed by atoms with van der Waals surface area (Å²) in [6.45, 7) is 0. The third-order valence-electron chi connectivity index (χ3n) is 3.78. The Kier molecular flexibility index (Phi) is 2.97. The molecule has 1 aliphatic rings. The molecule has 0 amide bonds. The lowest BCUT2D eigenvalue weighted by Gasteiger charge is -2.05. The molecule has 3 heteroatoms. The number of hydrogen-bond acceptors (Lipinski definition) is 3. The van der Waals surface area contributed by atoms with Gasteiger partial charge in [0.2, 0.25) is 5.90 Å². The monoisotopic (exact) mass is 287 g/mol. The summed E-state index contributed by atoms with van der Waals surface area (Å²) in [5.41, 5.74) is 1.67. The van der Waals surface area contributed by atoms with E-state index in [1.807, 2.05) is 72.8 Å². The summed E-state index contributed by atoms with van der Waals surface area (Å²) < 4.78 is 5.34. The summed E-state index contributed by atoms with van der Waals surface area (Å²) >= 11 is 0. The van der Waals surface area contributed by atoms with Crippen molar-refractivity contribution < 1.29 is 9.53 Å². The number of rotatable bonds is 2. The van der Waals surface area contributed by atoms with Crippen LogP contribution in [0.5, 0.6) is 0 Å². The minimum absolute atomic E-state index is 0.325. The number of cyclic esters (lactones) is 1. The average molecular weight is 287 g/mol. The normalized spacial score (nSPS) is 17.4. The van der Waals surface area contributed by atoms with E-state index in [0.29, 0.717) is 5.90 Å². The van der Waals surface area contributed by atoms with Crippen LogP contribution in [0.2, 0.25) is 0 Å². The number of carbonyl (C=O) groups is 1. The molecular formula is C19H13NO2. The number of esters is 1. The van der Waals surface area contributed by atoms with Gasteiger partial charge in [-0.15, -0.1) is 0 Å². The van der Waals surface area contributed by atoms with Crippen molar-refractivity contribution in [2.45, 2.75) is 6.04 Å². The lowest BCUT2D eigenvalue weighted by Crippen LogP contribution is -2.08. The Morgan fingerprint density at radius 2 is 1.55 bits per heavy atom. The van der Waals surface area contributed by atoms with Gasteiger partial charge in [0.15, 0.2) is 6.04 Å². The molecule has 0 fully saturated rings. The maximum atomic E-state index is 12.2.